The molecule has 0 spiro atoms. The van der Waals surface area contributed by atoms with E-state index < -0.39 is 0 Å². The Labute approximate surface area is 117 Å². The molecule has 0 aliphatic rings. The Balaban J connectivity index is 2.16. The van der Waals surface area contributed by atoms with Gasteiger partial charge in [-0.05, 0) is 37.7 Å². The number of hydrogen-bond donors (Lipinski definition) is 1. The first-order chi connectivity index (χ1) is 9.16. The largest absolute Gasteiger partial charge is 0.504 e. The summed E-state index contributed by atoms with van der Waals surface area (Å²) in [6.07, 6.45) is 1.71. The second-order valence-corrected chi connectivity index (χ2v) is 5.68. The topological polar surface area (TPSA) is 39.6 Å². The molecule has 2 aromatic rings. The third-order valence-electron chi connectivity index (χ3n) is 2.81. The Bertz CT molecular complexity index is 499. The zero-order valence-corrected chi connectivity index (χ0v) is 12.1. The van der Waals surface area contributed by atoms with Gasteiger partial charge < -0.3 is 14.9 Å². The quantitative estimate of drug-likeness (QED) is 0.880. The minimum atomic E-state index is 0.234. The number of hydrogen-bond acceptors (Lipinski definition) is 5. The van der Waals surface area contributed by atoms with Gasteiger partial charge in [-0.1, -0.05) is 6.07 Å². The predicted octanol–water partition coefficient (Wildman–Crippen LogP) is 2.42. The summed E-state index contributed by atoms with van der Waals surface area (Å²) >= 11 is 1.72. The van der Waals surface area contributed by atoms with E-state index in [-0.39, 0.29) is 5.75 Å². The van der Waals surface area contributed by atoms with Gasteiger partial charge in [0.2, 0.25) is 0 Å². The number of thiophene rings is 1. The van der Waals surface area contributed by atoms with Gasteiger partial charge in [-0.3, -0.25) is 0 Å². The Hall–Kier alpha value is -1.59. The lowest BCUT2D eigenvalue weighted by atomic mass is 10.3. The second-order valence-electron chi connectivity index (χ2n) is 4.65. The molecule has 0 bridgehead atoms. The first kappa shape index (κ1) is 13.8. The van der Waals surface area contributed by atoms with Gasteiger partial charge in [-0.15, -0.1) is 11.3 Å². The predicted molar refractivity (Wildman–Crippen MR) is 79.8 cm³/mol. The number of aromatic nitrogens is 1. The van der Waals surface area contributed by atoms with Crippen molar-refractivity contribution >= 4 is 17.2 Å². The summed E-state index contributed by atoms with van der Waals surface area (Å²) in [5.74, 6) is 0.885. The van der Waals surface area contributed by atoms with Gasteiger partial charge in [0, 0.05) is 24.2 Å². The van der Waals surface area contributed by atoms with Gasteiger partial charge in [-0.2, -0.15) is 0 Å². The molecular formula is C14H19N3OS. The summed E-state index contributed by atoms with van der Waals surface area (Å²) in [7, 11) is 4.09. The molecule has 2 aromatic heterocycles. The number of rotatable bonds is 6. The first-order valence-corrected chi connectivity index (χ1v) is 7.11. The lowest BCUT2D eigenvalue weighted by Gasteiger charge is -2.25. The molecule has 0 saturated carbocycles. The highest BCUT2D eigenvalue weighted by Crippen LogP contribution is 2.25. The molecule has 0 aromatic carbocycles. The maximum atomic E-state index is 9.96. The summed E-state index contributed by atoms with van der Waals surface area (Å²) < 4.78 is 0. The molecule has 2 rings (SSSR count). The Morgan fingerprint density at radius 2 is 2.05 bits per heavy atom. The van der Waals surface area contributed by atoms with Crippen LogP contribution in [0.3, 0.4) is 0 Å². The minimum absolute atomic E-state index is 0.234. The average Bonchev–Trinajstić information content (AvgIpc) is 2.88. The highest BCUT2D eigenvalue weighted by molar-refractivity contribution is 7.09. The molecule has 0 aliphatic heterocycles. The Morgan fingerprint density at radius 3 is 2.68 bits per heavy atom. The summed E-state index contributed by atoms with van der Waals surface area (Å²) in [6, 6.07) is 7.57. The Kier molecular flexibility index (Phi) is 4.76. The van der Waals surface area contributed by atoms with E-state index in [1.807, 2.05) is 20.2 Å². The van der Waals surface area contributed by atoms with E-state index in [2.05, 4.69) is 26.2 Å². The highest BCUT2D eigenvalue weighted by atomic mass is 32.1. The molecule has 0 saturated heterocycles. The van der Waals surface area contributed by atoms with Crippen LogP contribution in [-0.4, -0.2) is 42.2 Å². The van der Waals surface area contributed by atoms with Gasteiger partial charge in [-0.25, -0.2) is 4.98 Å². The zero-order chi connectivity index (χ0) is 13.7. The van der Waals surface area contributed by atoms with E-state index in [1.165, 1.54) is 4.88 Å². The minimum Gasteiger partial charge on any atom is -0.504 e. The second kappa shape index (κ2) is 6.54. The van der Waals surface area contributed by atoms with E-state index in [4.69, 9.17) is 0 Å². The molecule has 0 atom stereocenters. The van der Waals surface area contributed by atoms with Crippen LogP contribution in [0.4, 0.5) is 5.82 Å². The van der Waals surface area contributed by atoms with Crippen molar-refractivity contribution in [2.75, 3.05) is 32.1 Å². The molecule has 0 aliphatic carbocycles. The number of nitrogens with zero attached hydrogens (tertiary/aromatic N) is 3. The fraction of sp³-hybridized carbons (Fsp3) is 0.357. The summed E-state index contributed by atoms with van der Waals surface area (Å²) in [4.78, 5) is 9.81. The molecule has 0 radical (unpaired) electrons. The van der Waals surface area contributed by atoms with E-state index in [0.29, 0.717) is 5.82 Å². The summed E-state index contributed by atoms with van der Waals surface area (Å²) in [5.41, 5.74) is 0. The highest BCUT2D eigenvalue weighted by Gasteiger charge is 2.13. The SMILES string of the molecule is CN(C)CCN(Cc1cccs1)c1ncccc1O. The van der Waals surface area contributed by atoms with Gasteiger partial charge in [0.25, 0.3) is 0 Å². The van der Waals surface area contributed by atoms with Crippen LogP contribution in [0.15, 0.2) is 35.8 Å². The molecule has 5 heteroatoms. The molecule has 0 fully saturated rings. The van der Waals surface area contributed by atoms with Crippen LogP contribution < -0.4 is 4.90 Å². The summed E-state index contributed by atoms with van der Waals surface area (Å²) in [5, 5.41) is 12.0. The monoisotopic (exact) mass is 277 g/mol. The van der Waals surface area contributed by atoms with Gasteiger partial charge in [0.05, 0.1) is 6.54 Å². The fourth-order valence-corrected chi connectivity index (χ4v) is 2.52. The average molecular weight is 277 g/mol. The van der Waals surface area contributed by atoms with E-state index in [1.54, 1.807) is 29.7 Å². The maximum Gasteiger partial charge on any atom is 0.171 e. The third kappa shape index (κ3) is 3.94. The Morgan fingerprint density at radius 1 is 1.21 bits per heavy atom. The van der Waals surface area contributed by atoms with E-state index in [0.717, 1.165) is 19.6 Å². The van der Waals surface area contributed by atoms with Gasteiger partial charge >= 0.3 is 0 Å². The lowest BCUT2D eigenvalue weighted by Crippen LogP contribution is -2.31. The van der Waals surface area contributed by atoms with Gasteiger partial charge in [0.1, 0.15) is 0 Å². The van der Waals surface area contributed by atoms with Crippen molar-refractivity contribution in [3.05, 3.63) is 40.7 Å². The van der Waals surface area contributed by atoms with Crippen LogP contribution in [0.2, 0.25) is 0 Å². The van der Waals surface area contributed by atoms with Crippen LogP contribution in [0.1, 0.15) is 4.88 Å². The van der Waals surface area contributed by atoms with Crippen molar-refractivity contribution in [2.24, 2.45) is 0 Å². The number of likely N-dealkylation sites (N-methyl/N-ethyl adjacent to an activating group) is 1. The normalized spacial score (nSPS) is 10.9. The number of pyridine rings is 1. The zero-order valence-electron chi connectivity index (χ0n) is 11.3. The van der Waals surface area contributed by atoms with Crippen molar-refractivity contribution in [1.29, 1.82) is 0 Å². The summed E-state index contributed by atoms with van der Waals surface area (Å²) in [6.45, 7) is 2.52. The van der Waals surface area contributed by atoms with Gasteiger partial charge in [0.15, 0.2) is 11.6 Å². The van der Waals surface area contributed by atoms with Crippen LogP contribution >= 0.6 is 11.3 Å². The van der Waals surface area contributed by atoms with Crippen molar-refractivity contribution in [2.45, 2.75) is 6.54 Å². The molecule has 4 nitrogen and oxygen atoms in total. The molecule has 2 heterocycles. The number of anilines is 1. The lowest BCUT2D eigenvalue weighted by molar-refractivity contribution is 0.409. The first-order valence-electron chi connectivity index (χ1n) is 6.23. The van der Waals surface area contributed by atoms with Crippen LogP contribution in [0.25, 0.3) is 0 Å². The molecule has 102 valence electrons. The van der Waals surface area contributed by atoms with Crippen LogP contribution in [-0.2, 0) is 6.54 Å². The van der Waals surface area contributed by atoms with Crippen molar-refractivity contribution in [1.82, 2.24) is 9.88 Å². The van der Waals surface area contributed by atoms with Crippen LogP contribution in [0, 0.1) is 0 Å². The van der Waals surface area contributed by atoms with E-state index >= 15 is 0 Å². The van der Waals surface area contributed by atoms with E-state index in [9.17, 15) is 5.11 Å². The van der Waals surface area contributed by atoms with Crippen molar-refractivity contribution in [3.63, 3.8) is 0 Å². The molecule has 0 unspecified atom stereocenters. The fourth-order valence-electron chi connectivity index (χ4n) is 1.80. The smallest absolute Gasteiger partial charge is 0.171 e. The maximum absolute atomic E-state index is 9.96. The molecule has 1 N–H and O–H groups in total. The number of aromatic hydroxyl groups is 1. The molecule has 19 heavy (non-hydrogen) atoms. The standard InChI is InChI=1S/C14H19N3OS/c1-16(2)8-9-17(11-12-5-4-10-19-12)14-13(18)6-3-7-15-14/h3-7,10,18H,8-9,11H2,1-2H3. The third-order valence-corrected chi connectivity index (χ3v) is 3.67. The molecule has 0 amide bonds. The van der Waals surface area contributed by atoms with Crippen molar-refractivity contribution in [3.8, 4) is 5.75 Å². The van der Waals surface area contributed by atoms with Crippen molar-refractivity contribution < 1.29 is 5.11 Å². The van der Waals surface area contributed by atoms with Crippen LogP contribution in [0.5, 0.6) is 5.75 Å². The molecular weight excluding hydrogens is 258 g/mol.